The van der Waals surface area contributed by atoms with Gasteiger partial charge in [0.2, 0.25) is 3.95 Å². The minimum Gasteiger partial charge on any atom is -0.308 e. The summed E-state index contributed by atoms with van der Waals surface area (Å²) in [5, 5.41) is 0. The highest BCUT2D eigenvalue weighted by atomic mass is 127. The van der Waals surface area contributed by atoms with E-state index >= 15 is 0 Å². The number of hydrogen-bond donors (Lipinski definition) is 0. The van der Waals surface area contributed by atoms with Gasteiger partial charge in [-0.25, -0.2) is 0 Å². The van der Waals surface area contributed by atoms with E-state index in [1.54, 1.807) is 0 Å². The van der Waals surface area contributed by atoms with Crippen LogP contribution in [0.2, 0.25) is 0 Å². The van der Waals surface area contributed by atoms with Gasteiger partial charge in [0, 0.05) is 26.2 Å². The van der Waals surface area contributed by atoms with Gasteiger partial charge in [-0.15, -0.1) is 0 Å². The largest absolute Gasteiger partial charge is 0.308 e. The summed E-state index contributed by atoms with van der Waals surface area (Å²) in [5.74, 6) is 0. The molecule has 1 saturated heterocycles. The van der Waals surface area contributed by atoms with Crippen LogP contribution < -0.4 is 0 Å². The third-order valence-corrected chi connectivity index (χ3v) is 7.61. The minimum atomic E-state index is -0.533. The number of rotatable bonds is 1. The molecule has 0 amide bonds. The molecule has 0 aromatic heterocycles. The van der Waals surface area contributed by atoms with E-state index in [9.17, 15) is 0 Å². The van der Waals surface area contributed by atoms with Crippen molar-refractivity contribution in [2.75, 3.05) is 33.2 Å². The van der Waals surface area contributed by atoms with Crippen LogP contribution in [0.3, 0.4) is 0 Å². The lowest BCUT2D eigenvalue weighted by atomic mass is 10.4. The molecule has 0 unspecified atom stereocenters. The van der Waals surface area contributed by atoms with Crippen LogP contribution in [0.5, 0.6) is 0 Å². The van der Waals surface area contributed by atoms with Crippen LogP contribution in [0.1, 0.15) is 0 Å². The van der Waals surface area contributed by atoms with Crippen molar-refractivity contribution in [1.82, 2.24) is 9.47 Å². The van der Waals surface area contributed by atoms with E-state index in [0.29, 0.717) is 0 Å². The maximum absolute atomic E-state index is 2.64. The van der Waals surface area contributed by atoms with E-state index < -0.39 is 3.95 Å². The van der Waals surface area contributed by atoms with Crippen LogP contribution in [-0.2, 0) is 0 Å². The zero-order valence-electron chi connectivity index (χ0n) is 6.06. The zero-order chi connectivity index (χ0) is 7.56. The van der Waals surface area contributed by atoms with Crippen LogP contribution in [0.4, 0.5) is 0 Å². The number of hydrogen-bond acceptors (Lipinski definition) is 2. The Morgan fingerprint density at radius 1 is 1.10 bits per heavy atom. The van der Waals surface area contributed by atoms with Crippen molar-refractivity contribution in [2.45, 2.75) is 0 Å². The maximum atomic E-state index is 2.64. The first-order chi connectivity index (χ1) is 4.70. The quantitative estimate of drug-likeness (QED) is 0.377. The molecule has 0 aromatic carbocycles. The van der Waals surface area contributed by atoms with Crippen molar-refractivity contribution in [3.63, 3.8) is 0 Å². The normalized spacial score (nSPS) is 24.0. The topological polar surface area (TPSA) is 6.48 Å². The van der Waals surface area contributed by atoms with Gasteiger partial charge < -0.3 is 9.47 Å². The highest BCUT2D eigenvalue weighted by Crippen LogP contribution is 2.12. The molecule has 0 radical (unpaired) electrons. The second-order valence-electron chi connectivity index (χ2n) is 2.62. The molecular weight excluding hydrogens is 370 g/mol. The lowest BCUT2D eigenvalue weighted by molar-refractivity contribution is 0.226. The van der Waals surface area contributed by atoms with Gasteiger partial charge in [0.1, 0.15) is 0 Å². The monoisotopic (exact) mass is 382 g/mol. The third kappa shape index (κ3) is 2.92. The van der Waals surface area contributed by atoms with E-state index in [0.717, 1.165) is 0 Å². The first kappa shape index (κ1) is 9.68. The van der Waals surface area contributed by atoms with Gasteiger partial charge in [-0.3, -0.25) is 0 Å². The Bertz CT molecular complexity index is 104. The Balaban J connectivity index is 2.26. The molecule has 10 heavy (non-hydrogen) atoms. The standard InChI is InChI=1S/C5H12I2N2Si/c1-8-2-4-9(5-3-8)10(6)7/h10H,2-5H2,1H3. The lowest BCUT2D eigenvalue weighted by Crippen LogP contribution is -2.47. The van der Waals surface area contributed by atoms with Crippen molar-refractivity contribution in [1.29, 1.82) is 0 Å². The number of nitrogens with zero attached hydrogens (tertiary/aromatic N) is 2. The predicted molar refractivity (Wildman–Crippen MR) is 64.3 cm³/mol. The molecule has 60 valence electrons. The Morgan fingerprint density at radius 3 is 2.00 bits per heavy atom. The molecule has 0 spiro atoms. The van der Waals surface area contributed by atoms with Gasteiger partial charge in [0.25, 0.3) is 0 Å². The van der Waals surface area contributed by atoms with E-state index in [4.69, 9.17) is 0 Å². The van der Waals surface area contributed by atoms with Crippen molar-refractivity contribution in [2.24, 2.45) is 0 Å². The van der Waals surface area contributed by atoms with Gasteiger partial charge in [0.05, 0.1) is 0 Å². The summed E-state index contributed by atoms with van der Waals surface area (Å²) in [7, 11) is 2.20. The molecule has 2 nitrogen and oxygen atoms in total. The fourth-order valence-electron chi connectivity index (χ4n) is 1.02. The fourth-order valence-corrected chi connectivity index (χ4v) is 4.98. The lowest BCUT2D eigenvalue weighted by Gasteiger charge is -2.33. The van der Waals surface area contributed by atoms with Gasteiger partial charge in [-0.05, 0) is 7.05 Å². The number of likely N-dealkylation sites (N-methyl/N-ethyl adjacent to an activating group) is 1. The summed E-state index contributed by atoms with van der Waals surface area (Å²) < 4.78 is 2.11. The van der Waals surface area contributed by atoms with Crippen LogP contribution in [-0.4, -0.2) is 46.6 Å². The zero-order valence-corrected chi connectivity index (χ0v) is 11.5. The summed E-state index contributed by atoms with van der Waals surface area (Å²) in [6.45, 7) is 5.10. The van der Waals surface area contributed by atoms with E-state index in [-0.39, 0.29) is 0 Å². The Kier molecular flexibility index (Phi) is 4.44. The summed E-state index contributed by atoms with van der Waals surface area (Å²) in [6, 6.07) is 0. The van der Waals surface area contributed by atoms with Crippen molar-refractivity contribution in [3.05, 3.63) is 0 Å². The smallest absolute Gasteiger partial charge is 0.248 e. The molecule has 0 bridgehead atoms. The Labute approximate surface area is 89.4 Å². The molecular formula is C5H12I2N2Si. The SMILES string of the molecule is CN1CCN([SiH](I)I)CC1. The average molecular weight is 382 g/mol. The van der Waals surface area contributed by atoms with Crippen LogP contribution >= 0.6 is 43.6 Å². The number of piperazine rings is 1. The molecule has 0 saturated carbocycles. The molecule has 1 rings (SSSR count). The highest BCUT2D eigenvalue weighted by Gasteiger charge is 2.18. The summed E-state index contributed by atoms with van der Waals surface area (Å²) in [4.78, 5) is 2.40. The number of halogens is 2. The van der Waals surface area contributed by atoms with E-state index in [1.165, 1.54) is 26.2 Å². The predicted octanol–water partition coefficient (Wildman–Crippen LogP) is 0.821. The third-order valence-electron chi connectivity index (χ3n) is 1.81. The Hall–Kier alpha value is 1.60. The van der Waals surface area contributed by atoms with Gasteiger partial charge in [-0.2, -0.15) is 0 Å². The first-order valence-electron chi connectivity index (χ1n) is 3.41. The summed E-state index contributed by atoms with van der Waals surface area (Å²) in [6.07, 6.45) is 0. The molecule has 1 aliphatic rings. The van der Waals surface area contributed by atoms with E-state index in [2.05, 4.69) is 60.1 Å². The van der Waals surface area contributed by atoms with Gasteiger partial charge in [-0.1, -0.05) is 43.6 Å². The van der Waals surface area contributed by atoms with E-state index in [1.807, 2.05) is 0 Å². The average Bonchev–Trinajstić information content (AvgIpc) is 1.88. The van der Waals surface area contributed by atoms with Crippen LogP contribution in [0, 0.1) is 0 Å². The van der Waals surface area contributed by atoms with Crippen LogP contribution in [0.15, 0.2) is 0 Å². The second kappa shape index (κ2) is 4.58. The molecule has 1 fully saturated rings. The Morgan fingerprint density at radius 2 is 1.60 bits per heavy atom. The van der Waals surface area contributed by atoms with Gasteiger partial charge >= 0.3 is 0 Å². The molecule has 0 aliphatic carbocycles. The molecule has 5 heteroatoms. The van der Waals surface area contributed by atoms with Crippen molar-refractivity contribution in [3.8, 4) is 0 Å². The second-order valence-corrected chi connectivity index (χ2v) is 18.1. The van der Waals surface area contributed by atoms with Gasteiger partial charge in [0.15, 0.2) is 0 Å². The first-order valence-corrected chi connectivity index (χ1v) is 12.3. The highest BCUT2D eigenvalue weighted by molar-refractivity contribution is 14.3. The van der Waals surface area contributed by atoms with Crippen molar-refractivity contribution < 1.29 is 0 Å². The molecule has 0 N–H and O–H groups in total. The maximum Gasteiger partial charge on any atom is 0.248 e. The minimum absolute atomic E-state index is 0.533. The molecule has 0 aromatic rings. The molecule has 1 aliphatic heterocycles. The van der Waals surface area contributed by atoms with Crippen LogP contribution in [0.25, 0.3) is 0 Å². The molecule has 0 atom stereocenters. The fraction of sp³-hybridized carbons (Fsp3) is 1.00. The molecule has 1 heterocycles. The summed E-state index contributed by atoms with van der Waals surface area (Å²) in [5.41, 5.74) is 0. The summed E-state index contributed by atoms with van der Waals surface area (Å²) >= 11 is 5.20. The van der Waals surface area contributed by atoms with Crippen molar-refractivity contribution >= 4 is 47.5 Å².